The summed E-state index contributed by atoms with van der Waals surface area (Å²) in [6.07, 6.45) is 0. The summed E-state index contributed by atoms with van der Waals surface area (Å²) in [7, 11) is -2.31. The van der Waals surface area contributed by atoms with Crippen molar-refractivity contribution in [1.29, 1.82) is 0 Å². The van der Waals surface area contributed by atoms with Gasteiger partial charge in [0.2, 0.25) is 0 Å². The van der Waals surface area contributed by atoms with Crippen LogP contribution in [0.25, 0.3) is 11.4 Å². The van der Waals surface area contributed by atoms with Crippen LogP contribution in [0.1, 0.15) is 6.92 Å². The van der Waals surface area contributed by atoms with Gasteiger partial charge in [-0.1, -0.05) is 0 Å². The SMILES string of the molecule is CCn1c(-c2ccc(OC)cc2)nnc1S(N)(=O)=O. The molecule has 0 spiro atoms. The molecule has 2 rings (SSSR count). The van der Waals surface area contributed by atoms with E-state index in [0.717, 1.165) is 5.56 Å². The standard InChI is InChI=1S/C11H14N4O3S/c1-3-15-10(13-14-11(15)19(12,16)17)8-4-6-9(18-2)7-5-8/h4-7H,3H2,1-2H3,(H2,12,16,17). The van der Waals surface area contributed by atoms with Gasteiger partial charge in [0.25, 0.3) is 15.2 Å². The number of nitrogens with zero attached hydrogens (tertiary/aromatic N) is 3. The lowest BCUT2D eigenvalue weighted by Gasteiger charge is -2.06. The lowest BCUT2D eigenvalue weighted by Crippen LogP contribution is -2.18. The highest BCUT2D eigenvalue weighted by atomic mass is 32.2. The molecule has 0 saturated carbocycles. The van der Waals surface area contributed by atoms with Gasteiger partial charge in [0, 0.05) is 12.1 Å². The number of methoxy groups -OCH3 is 1. The van der Waals surface area contributed by atoms with Crippen LogP contribution < -0.4 is 9.88 Å². The first-order chi connectivity index (χ1) is 8.97. The van der Waals surface area contributed by atoms with Gasteiger partial charge in [0.15, 0.2) is 5.82 Å². The van der Waals surface area contributed by atoms with Crippen molar-refractivity contribution in [3.63, 3.8) is 0 Å². The highest BCUT2D eigenvalue weighted by molar-refractivity contribution is 7.89. The first kappa shape index (κ1) is 13.5. The van der Waals surface area contributed by atoms with Crippen molar-refractivity contribution < 1.29 is 13.2 Å². The highest BCUT2D eigenvalue weighted by Gasteiger charge is 2.20. The Kier molecular flexibility index (Phi) is 3.54. The summed E-state index contributed by atoms with van der Waals surface area (Å²) < 4.78 is 29.3. The molecule has 7 nitrogen and oxygen atoms in total. The summed E-state index contributed by atoms with van der Waals surface area (Å²) in [4.78, 5) is 0. The van der Waals surface area contributed by atoms with Gasteiger partial charge in [-0.2, -0.15) is 0 Å². The van der Waals surface area contributed by atoms with Crippen molar-refractivity contribution in [3.8, 4) is 17.1 Å². The Balaban J connectivity index is 2.53. The maximum Gasteiger partial charge on any atom is 0.273 e. The predicted molar refractivity (Wildman–Crippen MR) is 69.1 cm³/mol. The normalized spacial score (nSPS) is 11.5. The van der Waals surface area contributed by atoms with E-state index in [1.54, 1.807) is 38.3 Å². The van der Waals surface area contributed by atoms with E-state index in [2.05, 4.69) is 10.2 Å². The van der Waals surface area contributed by atoms with E-state index in [9.17, 15) is 8.42 Å². The number of aromatic nitrogens is 3. The van der Waals surface area contributed by atoms with Crippen LogP contribution in [0.2, 0.25) is 0 Å². The molecular formula is C11H14N4O3S. The van der Waals surface area contributed by atoms with Crippen LogP contribution >= 0.6 is 0 Å². The zero-order valence-corrected chi connectivity index (χ0v) is 11.4. The molecule has 2 N–H and O–H groups in total. The molecule has 8 heteroatoms. The molecule has 0 atom stereocenters. The summed E-state index contributed by atoms with van der Waals surface area (Å²) in [5.41, 5.74) is 0.741. The molecule has 102 valence electrons. The minimum absolute atomic E-state index is 0.235. The van der Waals surface area contributed by atoms with Crippen LogP contribution in [-0.2, 0) is 16.6 Å². The average Bonchev–Trinajstić information content (AvgIpc) is 2.82. The topological polar surface area (TPSA) is 100 Å². The molecule has 0 amide bonds. The summed E-state index contributed by atoms with van der Waals surface area (Å²) in [5.74, 6) is 1.16. The van der Waals surface area contributed by atoms with Crippen molar-refractivity contribution in [2.45, 2.75) is 18.6 Å². The number of sulfonamides is 1. The van der Waals surface area contributed by atoms with Gasteiger partial charge in [-0.25, -0.2) is 13.6 Å². The summed E-state index contributed by atoms with van der Waals surface area (Å²) in [6.45, 7) is 2.20. The Morgan fingerprint density at radius 3 is 2.37 bits per heavy atom. The maximum absolute atomic E-state index is 11.4. The quantitative estimate of drug-likeness (QED) is 0.886. The van der Waals surface area contributed by atoms with Gasteiger partial charge in [-0.05, 0) is 31.2 Å². The van der Waals surface area contributed by atoms with Gasteiger partial charge in [0.1, 0.15) is 5.75 Å². The van der Waals surface area contributed by atoms with Crippen LogP contribution in [-0.4, -0.2) is 30.3 Å². The second-order valence-corrected chi connectivity index (χ2v) is 5.28. The number of nitrogens with two attached hydrogens (primary N) is 1. The van der Waals surface area contributed by atoms with Crippen molar-refractivity contribution in [3.05, 3.63) is 24.3 Å². The van der Waals surface area contributed by atoms with E-state index in [4.69, 9.17) is 9.88 Å². The fourth-order valence-electron chi connectivity index (χ4n) is 1.74. The molecule has 0 saturated heterocycles. The van der Waals surface area contributed by atoms with Crippen LogP contribution in [0, 0.1) is 0 Å². The third-order valence-electron chi connectivity index (χ3n) is 2.64. The number of hydrogen-bond acceptors (Lipinski definition) is 5. The predicted octanol–water partition coefficient (Wildman–Crippen LogP) is 0.621. The molecule has 0 unspecified atom stereocenters. The molecule has 2 aromatic rings. The minimum atomic E-state index is -3.88. The highest BCUT2D eigenvalue weighted by Crippen LogP contribution is 2.22. The zero-order chi connectivity index (χ0) is 14.0. The van der Waals surface area contributed by atoms with E-state index < -0.39 is 10.0 Å². The van der Waals surface area contributed by atoms with Gasteiger partial charge >= 0.3 is 0 Å². The molecule has 19 heavy (non-hydrogen) atoms. The van der Waals surface area contributed by atoms with Crippen molar-refractivity contribution >= 4 is 10.0 Å². The third-order valence-corrected chi connectivity index (χ3v) is 3.45. The fourth-order valence-corrected chi connectivity index (χ4v) is 2.42. The molecule has 0 radical (unpaired) electrons. The van der Waals surface area contributed by atoms with Gasteiger partial charge in [-0.3, -0.25) is 4.57 Å². The van der Waals surface area contributed by atoms with Gasteiger partial charge < -0.3 is 4.74 Å². The van der Waals surface area contributed by atoms with Crippen molar-refractivity contribution in [2.24, 2.45) is 5.14 Å². The Morgan fingerprint density at radius 2 is 1.89 bits per heavy atom. The maximum atomic E-state index is 11.4. The first-order valence-electron chi connectivity index (χ1n) is 5.57. The third kappa shape index (κ3) is 2.59. The van der Waals surface area contributed by atoms with E-state index in [1.807, 2.05) is 0 Å². The molecule has 0 bridgehead atoms. The summed E-state index contributed by atoms with van der Waals surface area (Å²) in [6, 6.07) is 7.09. The average molecular weight is 282 g/mol. The minimum Gasteiger partial charge on any atom is -0.497 e. The lowest BCUT2D eigenvalue weighted by molar-refractivity contribution is 0.415. The Hall–Kier alpha value is -1.93. The second kappa shape index (κ2) is 4.98. The molecule has 1 aromatic heterocycles. The first-order valence-corrected chi connectivity index (χ1v) is 7.12. The van der Waals surface area contributed by atoms with E-state index in [-0.39, 0.29) is 5.16 Å². The number of hydrogen-bond donors (Lipinski definition) is 1. The van der Waals surface area contributed by atoms with Crippen LogP contribution in [0.15, 0.2) is 29.4 Å². The molecule has 1 heterocycles. The molecule has 1 aromatic carbocycles. The van der Waals surface area contributed by atoms with Gasteiger partial charge in [0.05, 0.1) is 7.11 Å². The Labute approximate surface area is 111 Å². The largest absolute Gasteiger partial charge is 0.497 e. The van der Waals surface area contributed by atoms with E-state index >= 15 is 0 Å². The molecular weight excluding hydrogens is 268 g/mol. The smallest absolute Gasteiger partial charge is 0.273 e. The molecule has 0 fully saturated rings. The van der Waals surface area contributed by atoms with Gasteiger partial charge in [-0.15, -0.1) is 10.2 Å². The van der Waals surface area contributed by atoms with Crippen LogP contribution in [0.3, 0.4) is 0 Å². The summed E-state index contributed by atoms with van der Waals surface area (Å²) in [5, 5.41) is 12.4. The van der Waals surface area contributed by atoms with E-state index in [0.29, 0.717) is 18.1 Å². The van der Waals surface area contributed by atoms with Crippen LogP contribution in [0.5, 0.6) is 5.75 Å². The van der Waals surface area contributed by atoms with Crippen molar-refractivity contribution in [2.75, 3.05) is 7.11 Å². The lowest BCUT2D eigenvalue weighted by atomic mass is 10.2. The van der Waals surface area contributed by atoms with Crippen molar-refractivity contribution in [1.82, 2.24) is 14.8 Å². The van der Waals surface area contributed by atoms with E-state index in [1.165, 1.54) is 4.57 Å². The van der Waals surface area contributed by atoms with Crippen LogP contribution in [0.4, 0.5) is 0 Å². The number of benzene rings is 1. The monoisotopic (exact) mass is 282 g/mol. The number of rotatable bonds is 4. The molecule has 0 aliphatic rings. The molecule has 0 aliphatic carbocycles. The fraction of sp³-hybridized carbons (Fsp3) is 0.273. The molecule has 0 aliphatic heterocycles. The summed E-state index contributed by atoms with van der Waals surface area (Å²) >= 11 is 0. The Bertz CT molecular complexity index is 676. The zero-order valence-electron chi connectivity index (χ0n) is 10.6. The number of primary sulfonamides is 1. The number of ether oxygens (including phenoxy) is 1. The second-order valence-electron chi connectivity index (χ2n) is 3.82. The Morgan fingerprint density at radius 1 is 1.26 bits per heavy atom.